The van der Waals surface area contributed by atoms with Gasteiger partial charge in [-0.15, -0.1) is 0 Å². The minimum Gasteiger partial charge on any atom is -0.481 e. The molecule has 9 heteroatoms. The second kappa shape index (κ2) is 7.87. The summed E-state index contributed by atoms with van der Waals surface area (Å²) >= 11 is 0. The Balaban J connectivity index is 1.62. The predicted molar refractivity (Wildman–Crippen MR) is 90.1 cm³/mol. The van der Waals surface area contributed by atoms with E-state index in [-0.39, 0.29) is 25.6 Å². The molecule has 0 amide bonds. The van der Waals surface area contributed by atoms with E-state index in [4.69, 9.17) is 4.74 Å². The molecular weight excluding hydrogens is 348 g/mol. The molecule has 144 valence electrons. The van der Waals surface area contributed by atoms with Crippen LogP contribution in [0.2, 0.25) is 0 Å². The Bertz CT molecular complexity index is 577. The summed E-state index contributed by atoms with van der Waals surface area (Å²) < 4.78 is 33.6. The molecule has 1 heterocycles. The molecule has 3 rings (SSSR count). The molecule has 0 aromatic rings. The van der Waals surface area contributed by atoms with Gasteiger partial charge < -0.3 is 14.9 Å². The summed E-state index contributed by atoms with van der Waals surface area (Å²) in [7, 11) is -3.83. The lowest BCUT2D eigenvalue weighted by atomic mass is 9.83. The highest BCUT2D eigenvalue weighted by atomic mass is 32.2. The van der Waals surface area contributed by atoms with Gasteiger partial charge in [-0.05, 0) is 38.0 Å². The number of carboxylic acids is 1. The highest BCUT2D eigenvalue weighted by Gasteiger charge is 2.42. The lowest BCUT2D eigenvalue weighted by Gasteiger charge is -2.32. The fraction of sp³-hybridized carbons (Fsp3) is 0.938. The van der Waals surface area contributed by atoms with Crippen LogP contribution in [0.25, 0.3) is 0 Å². The van der Waals surface area contributed by atoms with E-state index in [2.05, 4.69) is 10.0 Å². The molecule has 5 unspecified atom stereocenters. The molecule has 8 nitrogen and oxygen atoms in total. The van der Waals surface area contributed by atoms with E-state index in [0.717, 1.165) is 25.7 Å². The standard InChI is InChI=1S/C16H28N2O6S/c19-11-6-7-12(16(20)21)13(8-11)18-25(22,23)14-9-17-15(24-14)10-4-2-1-3-5-10/h10-15,17-19H,1-9H2,(H,20,21). The summed E-state index contributed by atoms with van der Waals surface area (Å²) in [5.41, 5.74) is -1.02. The van der Waals surface area contributed by atoms with Crippen LogP contribution in [-0.4, -0.2) is 55.0 Å². The van der Waals surface area contributed by atoms with Crippen molar-refractivity contribution in [2.75, 3.05) is 6.54 Å². The number of aliphatic hydroxyl groups is 1. The lowest BCUT2D eigenvalue weighted by Crippen LogP contribution is -2.51. The molecule has 1 saturated heterocycles. The Morgan fingerprint density at radius 2 is 1.84 bits per heavy atom. The number of carboxylic acid groups (broad SMARTS) is 1. The predicted octanol–water partition coefficient (Wildman–Crippen LogP) is 0.372. The van der Waals surface area contributed by atoms with Crippen LogP contribution in [0.15, 0.2) is 0 Å². The number of aliphatic carboxylic acids is 1. The van der Waals surface area contributed by atoms with Crippen LogP contribution >= 0.6 is 0 Å². The number of sulfonamides is 1. The zero-order chi connectivity index (χ0) is 18.0. The van der Waals surface area contributed by atoms with Crippen molar-refractivity contribution in [2.24, 2.45) is 11.8 Å². The third-order valence-corrected chi connectivity index (χ3v) is 7.26. The molecular formula is C16H28N2O6S. The topological polar surface area (TPSA) is 125 Å². The third kappa shape index (κ3) is 4.51. The maximum atomic E-state index is 12.7. The molecule has 0 aromatic carbocycles. The Kier molecular flexibility index (Phi) is 5.99. The Morgan fingerprint density at radius 3 is 2.52 bits per heavy atom. The second-order valence-electron chi connectivity index (χ2n) is 7.47. The van der Waals surface area contributed by atoms with Crippen molar-refractivity contribution in [3.63, 3.8) is 0 Å². The SMILES string of the molecule is O=C(O)C1CCC(O)CC1NS(=O)(=O)C1CNC(C2CCCCC2)O1. The van der Waals surface area contributed by atoms with Crippen LogP contribution < -0.4 is 10.0 Å². The number of aliphatic hydroxyl groups excluding tert-OH is 1. The van der Waals surface area contributed by atoms with Gasteiger partial charge in [-0.1, -0.05) is 19.3 Å². The fourth-order valence-corrected chi connectivity index (χ4v) is 5.65. The Hall–Kier alpha value is -0.740. The molecule has 0 aromatic heterocycles. The summed E-state index contributed by atoms with van der Waals surface area (Å²) in [5, 5.41) is 22.2. The van der Waals surface area contributed by atoms with Crippen molar-refractivity contribution in [1.29, 1.82) is 0 Å². The lowest BCUT2D eigenvalue weighted by molar-refractivity contribution is -0.144. The summed E-state index contributed by atoms with van der Waals surface area (Å²) in [6.45, 7) is 0.198. The summed E-state index contributed by atoms with van der Waals surface area (Å²) in [6, 6.07) is -0.802. The van der Waals surface area contributed by atoms with Crippen LogP contribution in [0.5, 0.6) is 0 Å². The van der Waals surface area contributed by atoms with E-state index in [1.165, 1.54) is 6.42 Å². The van der Waals surface area contributed by atoms with Crippen molar-refractivity contribution in [3.05, 3.63) is 0 Å². The molecule has 3 fully saturated rings. The van der Waals surface area contributed by atoms with Gasteiger partial charge in [-0.3, -0.25) is 10.1 Å². The van der Waals surface area contributed by atoms with E-state index in [1.54, 1.807) is 0 Å². The molecule has 2 saturated carbocycles. The average molecular weight is 376 g/mol. The van der Waals surface area contributed by atoms with E-state index in [9.17, 15) is 23.4 Å². The van der Waals surface area contributed by atoms with Gasteiger partial charge in [0.15, 0.2) is 5.44 Å². The molecule has 4 N–H and O–H groups in total. The fourth-order valence-electron chi connectivity index (χ4n) is 4.23. The van der Waals surface area contributed by atoms with Gasteiger partial charge >= 0.3 is 5.97 Å². The largest absolute Gasteiger partial charge is 0.481 e. The van der Waals surface area contributed by atoms with Gasteiger partial charge in [0.25, 0.3) is 0 Å². The molecule has 0 spiro atoms. The van der Waals surface area contributed by atoms with Crippen molar-refractivity contribution >= 4 is 16.0 Å². The normalized spacial score (nSPS) is 37.9. The molecule has 25 heavy (non-hydrogen) atoms. The first-order valence-electron chi connectivity index (χ1n) is 9.17. The number of ether oxygens (including phenoxy) is 1. The Morgan fingerprint density at radius 1 is 1.12 bits per heavy atom. The van der Waals surface area contributed by atoms with E-state index in [0.29, 0.717) is 12.3 Å². The first kappa shape index (κ1) is 19.0. The maximum Gasteiger partial charge on any atom is 0.308 e. The smallest absolute Gasteiger partial charge is 0.308 e. The van der Waals surface area contributed by atoms with Gasteiger partial charge in [-0.25, -0.2) is 13.1 Å². The van der Waals surface area contributed by atoms with Crippen molar-refractivity contribution < 1.29 is 28.2 Å². The first-order chi connectivity index (χ1) is 11.9. The zero-order valence-corrected chi connectivity index (χ0v) is 15.1. The highest BCUT2D eigenvalue weighted by molar-refractivity contribution is 7.90. The molecule has 5 atom stereocenters. The highest BCUT2D eigenvalue weighted by Crippen LogP contribution is 2.31. The van der Waals surface area contributed by atoms with Gasteiger partial charge in [0.1, 0.15) is 6.23 Å². The Labute approximate surface area is 148 Å². The molecule has 2 aliphatic carbocycles. The van der Waals surface area contributed by atoms with Crippen LogP contribution in [0.4, 0.5) is 0 Å². The van der Waals surface area contributed by atoms with Gasteiger partial charge in [0, 0.05) is 12.6 Å². The van der Waals surface area contributed by atoms with Gasteiger partial charge in [-0.2, -0.15) is 0 Å². The minimum absolute atomic E-state index is 0.113. The molecule has 0 bridgehead atoms. The number of carbonyl (C=O) groups is 1. The minimum atomic E-state index is -3.83. The van der Waals surface area contributed by atoms with Crippen molar-refractivity contribution in [1.82, 2.24) is 10.0 Å². The molecule has 1 aliphatic heterocycles. The summed E-state index contributed by atoms with van der Waals surface area (Å²) in [4.78, 5) is 11.4. The van der Waals surface area contributed by atoms with Crippen LogP contribution in [-0.2, 0) is 19.6 Å². The number of rotatable bonds is 5. The quantitative estimate of drug-likeness (QED) is 0.546. The van der Waals surface area contributed by atoms with Crippen LogP contribution in [0.1, 0.15) is 51.4 Å². The maximum absolute atomic E-state index is 12.7. The summed E-state index contributed by atoms with van der Waals surface area (Å²) in [5.74, 6) is -1.52. The first-order valence-corrected chi connectivity index (χ1v) is 10.7. The van der Waals surface area contributed by atoms with E-state index in [1.807, 2.05) is 0 Å². The zero-order valence-electron chi connectivity index (χ0n) is 14.3. The third-order valence-electron chi connectivity index (χ3n) is 5.66. The summed E-state index contributed by atoms with van der Waals surface area (Å²) in [6.07, 6.45) is 5.38. The number of hydrogen-bond acceptors (Lipinski definition) is 6. The average Bonchev–Trinajstić information content (AvgIpc) is 3.06. The van der Waals surface area contributed by atoms with Gasteiger partial charge in [0.05, 0.1) is 12.0 Å². The van der Waals surface area contributed by atoms with Crippen LogP contribution in [0.3, 0.4) is 0 Å². The molecule has 3 aliphatic rings. The molecule has 0 radical (unpaired) electrons. The monoisotopic (exact) mass is 376 g/mol. The van der Waals surface area contributed by atoms with Crippen molar-refractivity contribution in [3.8, 4) is 0 Å². The van der Waals surface area contributed by atoms with E-state index < -0.39 is 39.5 Å². The van der Waals surface area contributed by atoms with Gasteiger partial charge in [0.2, 0.25) is 10.0 Å². The second-order valence-corrected chi connectivity index (χ2v) is 9.33. The number of nitrogens with one attached hydrogen (secondary N) is 2. The van der Waals surface area contributed by atoms with E-state index >= 15 is 0 Å². The van der Waals surface area contributed by atoms with Crippen LogP contribution in [0, 0.1) is 11.8 Å². The number of hydrogen-bond donors (Lipinski definition) is 4. The van der Waals surface area contributed by atoms with Crippen molar-refractivity contribution in [2.45, 2.75) is 75.2 Å².